The van der Waals surface area contributed by atoms with Gasteiger partial charge in [-0.3, -0.25) is 5.10 Å². The van der Waals surface area contributed by atoms with E-state index in [-0.39, 0.29) is 0 Å². The van der Waals surface area contributed by atoms with Crippen molar-refractivity contribution in [2.75, 3.05) is 0 Å². The number of hydrogen-bond acceptors (Lipinski definition) is 2. The second-order valence-corrected chi connectivity index (χ2v) is 8.98. The molecular formula is C30H19ClN4. The second kappa shape index (κ2) is 7.83. The first kappa shape index (κ1) is 20.0. The second-order valence-electron chi connectivity index (χ2n) is 8.54. The van der Waals surface area contributed by atoms with Crippen molar-refractivity contribution in [2.24, 2.45) is 0 Å². The van der Waals surface area contributed by atoms with Crippen LogP contribution in [0.3, 0.4) is 0 Å². The topological polar surface area (TPSA) is 46.5 Å². The zero-order chi connectivity index (χ0) is 23.4. The Morgan fingerprint density at radius 1 is 0.629 bits per heavy atom. The van der Waals surface area contributed by atoms with E-state index in [1.165, 1.54) is 0 Å². The number of aromatic amines is 1. The first-order valence-electron chi connectivity index (χ1n) is 11.5. The van der Waals surface area contributed by atoms with Gasteiger partial charge in [-0.1, -0.05) is 90.5 Å². The van der Waals surface area contributed by atoms with Gasteiger partial charge >= 0.3 is 0 Å². The average molecular weight is 471 g/mol. The molecule has 35 heavy (non-hydrogen) atoms. The molecule has 0 aliphatic heterocycles. The molecule has 166 valence electrons. The maximum absolute atomic E-state index is 6.29. The van der Waals surface area contributed by atoms with Crippen molar-refractivity contribution < 1.29 is 0 Å². The summed E-state index contributed by atoms with van der Waals surface area (Å²) < 4.78 is 2.05. The molecule has 0 unspecified atom stereocenters. The van der Waals surface area contributed by atoms with Crippen molar-refractivity contribution in [1.82, 2.24) is 19.7 Å². The third-order valence-corrected chi connectivity index (χ3v) is 6.71. The molecule has 0 fully saturated rings. The third-order valence-electron chi connectivity index (χ3n) is 6.45. The van der Waals surface area contributed by atoms with E-state index in [1.54, 1.807) is 0 Å². The molecule has 0 saturated heterocycles. The van der Waals surface area contributed by atoms with Gasteiger partial charge in [-0.25, -0.2) is 14.6 Å². The molecule has 7 rings (SSSR count). The molecule has 0 spiro atoms. The van der Waals surface area contributed by atoms with Crippen LogP contribution in [0.5, 0.6) is 0 Å². The van der Waals surface area contributed by atoms with E-state index in [1.807, 2.05) is 48.5 Å². The van der Waals surface area contributed by atoms with Gasteiger partial charge in [-0.15, -0.1) is 0 Å². The fourth-order valence-corrected chi connectivity index (χ4v) is 5.02. The minimum atomic E-state index is 0.706. The summed E-state index contributed by atoms with van der Waals surface area (Å²) in [5, 5.41) is 7.55. The molecule has 4 aromatic carbocycles. The quantitative estimate of drug-likeness (QED) is 0.284. The Labute approximate surface area is 206 Å². The highest BCUT2D eigenvalue weighted by molar-refractivity contribution is 6.30. The predicted octanol–water partition coefficient (Wildman–Crippen LogP) is 8.04. The lowest BCUT2D eigenvalue weighted by atomic mass is 9.95. The maximum atomic E-state index is 6.29. The van der Waals surface area contributed by atoms with Crippen LogP contribution in [0, 0.1) is 0 Å². The van der Waals surface area contributed by atoms with Gasteiger partial charge in [0.25, 0.3) is 0 Å². The summed E-state index contributed by atoms with van der Waals surface area (Å²) >= 11 is 6.29. The van der Waals surface area contributed by atoms with Crippen LogP contribution in [-0.4, -0.2) is 19.7 Å². The summed E-state index contributed by atoms with van der Waals surface area (Å²) in [6.07, 6.45) is 0. The highest BCUT2D eigenvalue weighted by atomic mass is 35.5. The fourth-order valence-electron chi connectivity index (χ4n) is 4.90. The number of para-hydroxylation sites is 2. The van der Waals surface area contributed by atoms with Crippen LogP contribution in [0.15, 0.2) is 109 Å². The molecule has 5 heteroatoms. The van der Waals surface area contributed by atoms with Crippen LogP contribution in [0.4, 0.5) is 0 Å². The summed E-state index contributed by atoms with van der Waals surface area (Å²) in [6.45, 7) is 0. The lowest BCUT2D eigenvalue weighted by Gasteiger charge is -2.09. The van der Waals surface area contributed by atoms with Gasteiger partial charge in [0.05, 0.1) is 22.3 Å². The minimum absolute atomic E-state index is 0.706. The van der Waals surface area contributed by atoms with Crippen LogP contribution < -0.4 is 0 Å². The van der Waals surface area contributed by atoms with Crippen LogP contribution in [0.2, 0.25) is 5.02 Å². The van der Waals surface area contributed by atoms with Crippen LogP contribution >= 0.6 is 11.6 Å². The SMILES string of the molecule is Clc1ccc(-c2c3c(-c4ccccc4)[nH]n(-c4ccccc4)c3nc3nc4ccccc4c23)cc1. The number of rotatable bonds is 3. The normalized spacial score (nSPS) is 11.6. The molecule has 4 nitrogen and oxygen atoms in total. The number of hydrogen-bond donors (Lipinski definition) is 1. The zero-order valence-electron chi connectivity index (χ0n) is 18.6. The molecule has 0 amide bonds. The van der Waals surface area contributed by atoms with Crippen molar-refractivity contribution in [2.45, 2.75) is 0 Å². The number of aromatic nitrogens is 4. The van der Waals surface area contributed by atoms with Gasteiger partial charge in [0, 0.05) is 26.9 Å². The van der Waals surface area contributed by atoms with E-state index in [2.05, 4.69) is 70.4 Å². The van der Waals surface area contributed by atoms with Gasteiger partial charge < -0.3 is 0 Å². The van der Waals surface area contributed by atoms with Crippen LogP contribution in [0.25, 0.3) is 61.0 Å². The lowest BCUT2D eigenvalue weighted by molar-refractivity contribution is 0.903. The Kier molecular flexibility index (Phi) is 4.47. The number of H-pyrrole nitrogens is 1. The Morgan fingerprint density at radius 3 is 2.09 bits per heavy atom. The third kappa shape index (κ3) is 3.15. The van der Waals surface area contributed by atoms with Crippen LogP contribution in [0.1, 0.15) is 0 Å². The number of nitrogens with zero attached hydrogens (tertiary/aromatic N) is 3. The molecule has 0 atom stereocenters. The Morgan fingerprint density at radius 2 is 1.31 bits per heavy atom. The first-order valence-corrected chi connectivity index (χ1v) is 11.9. The van der Waals surface area contributed by atoms with Crippen molar-refractivity contribution in [3.63, 3.8) is 0 Å². The van der Waals surface area contributed by atoms with Gasteiger partial charge in [-0.05, 0) is 35.9 Å². The van der Waals surface area contributed by atoms with Gasteiger partial charge in [-0.2, -0.15) is 0 Å². The van der Waals surface area contributed by atoms with E-state index >= 15 is 0 Å². The molecule has 3 heterocycles. The van der Waals surface area contributed by atoms with E-state index in [9.17, 15) is 0 Å². The van der Waals surface area contributed by atoms with Gasteiger partial charge in [0.1, 0.15) is 0 Å². The molecule has 1 N–H and O–H groups in total. The smallest absolute Gasteiger partial charge is 0.164 e. The summed E-state index contributed by atoms with van der Waals surface area (Å²) in [4.78, 5) is 10.1. The zero-order valence-corrected chi connectivity index (χ0v) is 19.4. The molecule has 0 saturated carbocycles. The number of fused-ring (bicyclic) bond motifs is 4. The molecule has 0 aliphatic carbocycles. The van der Waals surface area contributed by atoms with E-state index < -0.39 is 0 Å². The highest BCUT2D eigenvalue weighted by Gasteiger charge is 2.23. The molecule has 0 radical (unpaired) electrons. The summed E-state index contributed by atoms with van der Waals surface area (Å²) in [7, 11) is 0. The Balaban J connectivity index is 1.72. The highest BCUT2D eigenvalue weighted by Crippen LogP contribution is 2.43. The first-order chi connectivity index (χ1) is 17.3. The Hall–Kier alpha value is -4.41. The molecular weight excluding hydrogens is 452 g/mol. The van der Waals surface area contributed by atoms with Crippen molar-refractivity contribution in [3.05, 3.63) is 114 Å². The largest absolute Gasteiger partial charge is 0.291 e. The van der Waals surface area contributed by atoms with E-state index in [4.69, 9.17) is 21.6 Å². The Bertz CT molecular complexity index is 1830. The van der Waals surface area contributed by atoms with Crippen molar-refractivity contribution in [3.8, 4) is 28.1 Å². The standard InChI is InChI=1S/C30H19ClN4/c31-21-17-15-19(16-18-21)25-26-23-13-7-8-14-24(23)32-29(26)33-30-27(25)28(20-9-3-1-4-10-20)34-35(30)22-11-5-2-6-12-22/h1-18,34H. The molecule has 0 bridgehead atoms. The van der Waals surface area contributed by atoms with Crippen molar-refractivity contribution >= 4 is 44.6 Å². The summed E-state index contributed by atoms with van der Waals surface area (Å²) in [6, 6.07) is 36.9. The van der Waals surface area contributed by atoms with E-state index in [0.29, 0.717) is 5.02 Å². The van der Waals surface area contributed by atoms with E-state index in [0.717, 1.165) is 61.0 Å². The maximum Gasteiger partial charge on any atom is 0.164 e. The summed E-state index contributed by atoms with van der Waals surface area (Å²) in [5.74, 6) is 0. The molecule has 0 aliphatic rings. The number of benzene rings is 4. The average Bonchev–Trinajstić information content (AvgIpc) is 3.48. The van der Waals surface area contributed by atoms with Gasteiger partial charge in [0.15, 0.2) is 11.3 Å². The van der Waals surface area contributed by atoms with Crippen molar-refractivity contribution in [1.29, 1.82) is 0 Å². The molecule has 7 aromatic rings. The van der Waals surface area contributed by atoms with Gasteiger partial charge in [0.2, 0.25) is 0 Å². The van der Waals surface area contributed by atoms with Crippen LogP contribution in [-0.2, 0) is 0 Å². The monoisotopic (exact) mass is 470 g/mol. The minimum Gasteiger partial charge on any atom is -0.291 e. The lowest BCUT2D eigenvalue weighted by Crippen LogP contribution is -1.98. The fraction of sp³-hybridized carbons (Fsp3) is 0. The molecule has 3 aromatic heterocycles. The predicted molar refractivity (Wildman–Crippen MR) is 144 cm³/mol. The summed E-state index contributed by atoms with van der Waals surface area (Å²) in [5.41, 5.74) is 7.77. The number of halogens is 1. The number of nitrogens with one attached hydrogen (secondary N) is 1. The number of pyridine rings is 1.